The molecule has 2 unspecified atom stereocenters. The van der Waals surface area contributed by atoms with Crippen LogP contribution in [-0.4, -0.2) is 23.0 Å². The third-order valence-corrected chi connectivity index (χ3v) is 3.32. The highest BCUT2D eigenvalue weighted by atomic mass is 16.4. The number of hydrogen-bond acceptors (Lipinski definition) is 2. The van der Waals surface area contributed by atoms with Crippen molar-refractivity contribution in [3.8, 4) is 0 Å². The second kappa shape index (κ2) is 4.85. The van der Waals surface area contributed by atoms with Gasteiger partial charge in [-0.3, -0.25) is 9.59 Å². The molecule has 0 heterocycles. The van der Waals surface area contributed by atoms with Crippen molar-refractivity contribution in [1.29, 1.82) is 0 Å². The molecule has 4 nitrogen and oxygen atoms in total. The Labute approximate surface area is 96.4 Å². The fraction of sp³-hybridized carbons (Fsp3) is 0.833. The van der Waals surface area contributed by atoms with Crippen molar-refractivity contribution < 1.29 is 14.7 Å². The fourth-order valence-electron chi connectivity index (χ4n) is 2.26. The molecule has 1 aliphatic rings. The van der Waals surface area contributed by atoms with Gasteiger partial charge in [-0.2, -0.15) is 0 Å². The van der Waals surface area contributed by atoms with Crippen LogP contribution in [0.25, 0.3) is 0 Å². The first kappa shape index (κ1) is 13.0. The standard InChI is InChI=1S/C12H21NO3/c1-8(11(15)16)10(14)13-9-5-4-6-12(2,3)7-9/h8-9H,4-7H2,1-3H3,(H,13,14)(H,15,16). The average Bonchev–Trinajstić information content (AvgIpc) is 2.14. The molecule has 1 rings (SSSR count). The Balaban J connectivity index is 2.48. The van der Waals surface area contributed by atoms with Gasteiger partial charge in [0.2, 0.25) is 5.91 Å². The van der Waals surface area contributed by atoms with Gasteiger partial charge in [-0.05, 0) is 31.6 Å². The lowest BCUT2D eigenvalue weighted by Gasteiger charge is -2.35. The highest BCUT2D eigenvalue weighted by Crippen LogP contribution is 2.35. The maximum Gasteiger partial charge on any atom is 0.315 e. The van der Waals surface area contributed by atoms with Crippen molar-refractivity contribution in [3.63, 3.8) is 0 Å². The second-order valence-electron chi connectivity index (χ2n) is 5.53. The van der Waals surface area contributed by atoms with Crippen LogP contribution in [0.15, 0.2) is 0 Å². The minimum Gasteiger partial charge on any atom is -0.481 e. The zero-order valence-corrected chi connectivity index (χ0v) is 10.2. The summed E-state index contributed by atoms with van der Waals surface area (Å²) in [5.41, 5.74) is 0.253. The monoisotopic (exact) mass is 227 g/mol. The fourth-order valence-corrected chi connectivity index (χ4v) is 2.26. The molecule has 1 fully saturated rings. The topological polar surface area (TPSA) is 66.4 Å². The van der Waals surface area contributed by atoms with Crippen molar-refractivity contribution in [2.45, 2.75) is 52.5 Å². The number of hydrogen-bond donors (Lipinski definition) is 2. The van der Waals surface area contributed by atoms with Gasteiger partial charge in [0, 0.05) is 6.04 Å². The predicted octanol–water partition coefficient (Wildman–Crippen LogP) is 1.79. The van der Waals surface area contributed by atoms with E-state index in [1.54, 1.807) is 0 Å². The van der Waals surface area contributed by atoms with E-state index in [9.17, 15) is 9.59 Å². The molecule has 0 radical (unpaired) electrons. The Morgan fingerprint density at radius 1 is 1.44 bits per heavy atom. The van der Waals surface area contributed by atoms with Crippen LogP contribution in [0.1, 0.15) is 46.5 Å². The summed E-state index contributed by atoms with van der Waals surface area (Å²) in [6.07, 6.45) is 4.17. The van der Waals surface area contributed by atoms with Gasteiger partial charge in [-0.15, -0.1) is 0 Å². The summed E-state index contributed by atoms with van der Waals surface area (Å²) >= 11 is 0. The van der Waals surface area contributed by atoms with E-state index >= 15 is 0 Å². The number of rotatable bonds is 3. The molecule has 0 saturated heterocycles. The van der Waals surface area contributed by atoms with E-state index < -0.39 is 11.9 Å². The molecule has 0 aliphatic heterocycles. The van der Waals surface area contributed by atoms with E-state index in [1.165, 1.54) is 13.3 Å². The first-order chi connectivity index (χ1) is 7.32. The molecular weight excluding hydrogens is 206 g/mol. The van der Waals surface area contributed by atoms with Crippen molar-refractivity contribution in [1.82, 2.24) is 5.32 Å². The number of aliphatic carboxylic acids is 1. The maximum absolute atomic E-state index is 11.6. The van der Waals surface area contributed by atoms with Crippen LogP contribution in [0.4, 0.5) is 0 Å². The van der Waals surface area contributed by atoms with Gasteiger partial charge < -0.3 is 10.4 Å². The Bertz CT molecular complexity index is 286. The van der Waals surface area contributed by atoms with Crippen LogP contribution >= 0.6 is 0 Å². The third kappa shape index (κ3) is 3.51. The number of carbonyl (C=O) groups excluding carboxylic acids is 1. The molecule has 2 atom stereocenters. The van der Waals surface area contributed by atoms with E-state index in [2.05, 4.69) is 19.2 Å². The van der Waals surface area contributed by atoms with E-state index in [-0.39, 0.29) is 17.4 Å². The van der Waals surface area contributed by atoms with Gasteiger partial charge in [0.15, 0.2) is 0 Å². The van der Waals surface area contributed by atoms with Crippen molar-refractivity contribution >= 4 is 11.9 Å². The van der Waals surface area contributed by atoms with Gasteiger partial charge >= 0.3 is 5.97 Å². The van der Waals surface area contributed by atoms with Gasteiger partial charge in [0.05, 0.1) is 0 Å². The summed E-state index contributed by atoms with van der Waals surface area (Å²) in [6.45, 7) is 5.80. The number of nitrogens with one attached hydrogen (secondary N) is 1. The van der Waals surface area contributed by atoms with Crippen LogP contribution < -0.4 is 5.32 Å². The highest BCUT2D eigenvalue weighted by molar-refractivity contribution is 5.96. The number of carbonyl (C=O) groups is 2. The average molecular weight is 227 g/mol. The first-order valence-electron chi connectivity index (χ1n) is 5.85. The summed E-state index contributed by atoms with van der Waals surface area (Å²) in [7, 11) is 0. The molecule has 4 heteroatoms. The molecule has 0 bridgehead atoms. The molecule has 0 aromatic carbocycles. The van der Waals surface area contributed by atoms with Crippen molar-refractivity contribution in [3.05, 3.63) is 0 Å². The van der Waals surface area contributed by atoms with Gasteiger partial charge in [0.25, 0.3) is 0 Å². The third-order valence-electron chi connectivity index (χ3n) is 3.32. The van der Waals surface area contributed by atoms with Crippen LogP contribution in [0.3, 0.4) is 0 Å². The summed E-state index contributed by atoms with van der Waals surface area (Å²) in [5, 5.41) is 11.6. The molecule has 1 aliphatic carbocycles. The summed E-state index contributed by atoms with van der Waals surface area (Å²) in [6, 6.07) is 0.137. The molecule has 16 heavy (non-hydrogen) atoms. The predicted molar refractivity (Wildman–Crippen MR) is 61.0 cm³/mol. The molecular formula is C12H21NO3. The number of carboxylic acid groups (broad SMARTS) is 1. The normalized spacial score (nSPS) is 25.8. The van der Waals surface area contributed by atoms with Gasteiger partial charge in [-0.1, -0.05) is 20.3 Å². The summed E-state index contributed by atoms with van der Waals surface area (Å²) in [5.74, 6) is -2.38. The van der Waals surface area contributed by atoms with E-state index in [0.29, 0.717) is 0 Å². The minimum absolute atomic E-state index is 0.137. The molecule has 92 valence electrons. The zero-order valence-electron chi connectivity index (χ0n) is 10.2. The Morgan fingerprint density at radius 2 is 2.06 bits per heavy atom. The lowest BCUT2D eigenvalue weighted by molar-refractivity contribution is -0.146. The zero-order chi connectivity index (χ0) is 12.3. The summed E-state index contributed by atoms with van der Waals surface area (Å²) < 4.78 is 0. The Morgan fingerprint density at radius 3 is 2.56 bits per heavy atom. The molecule has 0 spiro atoms. The lowest BCUT2D eigenvalue weighted by Crippen LogP contribution is -2.44. The van der Waals surface area contributed by atoms with Crippen molar-refractivity contribution in [2.75, 3.05) is 0 Å². The first-order valence-corrected chi connectivity index (χ1v) is 5.85. The molecule has 2 N–H and O–H groups in total. The van der Waals surface area contributed by atoms with Crippen LogP contribution in [-0.2, 0) is 9.59 Å². The van der Waals surface area contributed by atoms with E-state index in [1.807, 2.05) is 0 Å². The lowest BCUT2D eigenvalue weighted by atomic mass is 9.75. The minimum atomic E-state index is -1.06. The smallest absolute Gasteiger partial charge is 0.315 e. The van der Waals surface area contributed by atoms with Gasteiger partial charge in [-0.25, -0.2) is 0 Å². The molecule has 0 aromatic heterocycles. The van der Waals surface area contributed by atoms with Crippen LogP contribution in [0, 0.1) is 11.3 Å². The quantitative estimate of drug-likeness (QED) is 0.722. The second-order valence-corrected chi connectivity index (χ2v) is 5.53. The maximum atomic E-state index is 11.6. The van der Waals surface area contributed by atoms with Crippen LogP contribution in [0.5, 0.6) is 0 Å². The SMILES string of the molecule is CC(C(=O)O)C(=O)NC1CCCC(C)(C)C1. The Kier molecular flexibility index (Phi) is 3.94. The Hall–Kier alpha value is -1.06. The summed E-state index contributed by atoms with van der Waals surface area (Å²) in [4.78, 5) is 22.2. The largest absolute Gasteiger partial charge is 0.481 e. The highest BCUT2D eigenvalue weighted by Gasteiger charge is 2.30. The molecule has 0 aromatic rings. The molecule has 1 amide bonds. The number of amides is 1. The number of carboxylic acids is 1. The van der Waals surface area contributed by atoms with Gasteiger partial charge in [0.1, 0.15) is 5.92 Å². The van der Waals surface area contributed by atoms with Crippen molar-refractivity contribution in [2.24, 2.45) is 11.3 Å². The molecule has 1 saturated carbocycles. The van der Waals surface area contributed by atoms with E-state index in [4.69, 9.17) is 5.11 Å². The van der Waals surface area contributed by atoms with E-state index in [0.717, 1.165) is 19.3 Å². The van der Waals surface area contributed by atoms with Crippen LogP contribution in [0.2, 0.25) is 0 Å².